The zero-order chi connectivity index (χ0) is 14.9. The van der Waals surface area contributed by atoms with Crippen molar-refractivity contribution >= 4 is 37.5 Å². The summed E-state index contributed by atoms with van der Waals surface area (Å²) in [5.41, 5.74) is 2.10. The molecule has 4 nitrogen and oxygen atoms in total. The Morgan fingerprint density at radius 2 is 1.71 bits per heavy atom. The maximum Gasteiger partial charge on any atom is 0.283 e. The number of para-hydroxylation sites is 1. The molecule has 1 aliphatic rings. The van der Waals surface area contributed by atoms with Crippen LogP contribution < -0.4 is 5.32 Å². The van der Waals surface area contributed by atoms with Crippen LogP contribution in [0, 0.1) is 0 Å². The van der Waals surface area contributed by atoms with Gasteiger partial charge >= 0.3 is 0 Å². The maximum absolute atomic E-state index is 12.3. The number of anilines is 1. The number of nitrogens with one attached hydrogen (secondary N) is 1. The van der Waals surface area contributed by atoms with Crippen LogP contribution in [0.25, 0.3) is 0 Å². The molecule has 0 fully saturated rings. The van der Waals surface area contributed by atoms with E-state index in [-0.39, 0.29) is 4.90 Å². The Bertz CT molecular complexity index is 799. The molecule has 2 aromatic rings. The molecule has 0 saturated carbocycles. The molecular weight excluding hydrogens is 352 g/mol. The van der Waals surface area contributed by atoms with Gasteiger partial charge in [0.2, 0.25) is 0 Å². The first-order chi connectivity index (χ1) is 10.0. The summed E-state index contributed by atoms with van der Waals surface area (Å²) in [6.45, 7) is 0. The zero-order valence-electron chi connectivity index (χ0n) is 11.1. The fourth-order valence-corrected chi connectivity index (χ4v) is 3.48. The van der Waals surface area contributed by atoms with Crippen LogP contribution in [0.15, 0.2) is 62.3 Å². The van der Waals surface area contributed by atoms with E-state index in [4.69, 9.17) is 0 Å². The monoisotopic (exact) mass is 364 g/mol. The van der Waals surface area contributed by atoms with Crippen molar-refractivity contribution in [2.45, 2.75) is 17.7 Å². The van der Waals surface area contributed by atoms with E-state index in [0.29, 0.717) is 12.3 Å². The molecule has 0 spiro atoms. The van der Waals surface area contributed by atoms with Crippen LogP contribution in [-0.4, -0.2) is 14.3 Å². The standard InChI is InChI=1S/C15H13BrN2O2S/c16-12-6-8-13(9-7-12)21(19,20)18-15-10-5-11-3-1-2-4-14(11)17-15/h1-4,6-9H,5,10H2,(H,17,18). The third-order valence-corrected chi connectivity index (χ3v) is 5.13. The summed E-state index contributed by atoms with van der Waals surface area (Å²) in [6, 6.07) is 14.3. The summed E-state index contributed by atoms with van der Waals surface area (Å²) < 4.78 is 29.3. The lowest BCUT2D eigenvalue weighted by atomic mass is 10.0. The van der Waals surface area contributed by atoms with Crippen LogP contribution in [0.3, 0.4) is 0 Å². The van der Waals surface area contributed by atoms with Crippen molar-refractivity contribution in [3.63, 3.8) is 0 Å². The Morgan fingerprint density at radius 1 is 1.00 bits per heavy atom. The highest BCUT2D eigenvalue weighted by molar-refractivity contribution is 9.10. The Labute approximate surface area is 132 Å². The number of halogens is 1. The van der Waals surface area contributed by atoms with Crippen molar-refractivity contribution in [2.24, 2.45) is 4.40 Å². The van der Waals surface area contributed by atoms with Gasteiger partial charge in [-0.15, -0.1) is 4.40 Å². The maximum atomic E-state index is 12.3. The Kier molecular flexibility index (Phi) is 3.82. The molecule has 0 unspecified atom stereocenters. The number of sulfonamides is 1. The Hall–Kier alpha value is -1.66. The predicted molar refractivity (Wildman–Crippen MR) is 87.1 cm³/mol. The topological polar surface area (TPSA) is 58.5 Å². The molecule has 6 heteroatoms. The minimum atomic E-state index is -3.67. The van der Waals surface area contributed by atoms with Crippen molar-refractivity contribution < 1.29 is 8.42 Å². The largest absolute Gasteiger partial charge is 0.343 e. The number of hydrogen-bond acceptors (Lipinski definition) is 2. The van der Waals surface area contributed by atoms with Crippen molar-refractivity contribution in [3.05, 3.63) is 58.6 Å². The lowest BCUT2D eigenvalue weighted by Gasteiger charge is -2.19. The average molecular weight is 365 g/mol. The van der Waals surface area contributed by atoms with Crippen LogP contribution in [0.5, 0.6) is 0 Å². The number of fused-ring (bicyclic) bond motifs is 1. The fraction of sp³-hybridized carbons (Fsp3) is 0.133. The second-order valence-corrected chi connectivity index (χ2v) is 7.27. The number of rotatable bonds is 2. The van der Waals surface area contributed by atoms with Gasteiger partial charge in [0, 0.05) is 16.6 Å². The van der Waals surface area contributed by atoms with E-state index in [1.807, 2.05) is 24.3 Å². The number of benzene rings is 2. The molecule has 0 saturated heterocycles. The van der Waals surface area contributed by atoms with Gasteiger partial charge in [-0.25, -0.2) is 0 Å². The number of aryl methyl sites for hydroxylation is 1. The SMILES string of the molecule is O=S(=O)(N=C1CCc2ccccc2N1)c1ccc(Br)cc1. The summed E-state index contributed by atoms with van der Waals surface area (Å²) >= 11 is 3.29. The van der Waals surface area contributed by atoms with Crippen LogP contribution in [0.4, 0.5) is 5.69 Å². The minimum absolute atomic E-state index is 0.193. The zero-order valence-corrected chi connectivity index (χ0v) is 13.5. The molecule has 3 rings (SSSR count). The molecule has 0 atom stereocenters. The molecule has 1 aliphatic heterocycles. The summed E-state index contributed by atoms with van der Waals surface area (Å²) in [5.74, 6) is 0.483. The van der Waals surface area contributed by atoms with E-state index in [1.165, 1.54) is 5.56 Å². The van der Waals surface area contributed by atoms with Crippen molar-refractivity contribution in [3.8, 4) is 0 Å². The molecule has 1 heterocycles. The van der Waals surface area contributed by atoms with Crippen molar-refractivity contribution in [1.29, 1.82) is 0 Å². The van der Waals surface area contributed by atoms with Gasteiger partial charge in [0.25, 0.3) is 10.0 Å². The van der Waals surface area contributed by atoms with Crippen LogP contribution in [0.1, 0.15) is 12.0 Å². The molecule has 1 N–H and O–H groups in total. The second-order valence-electron chi connectivity index (χ2n) is 4.75. The molecule has 0 aliphatic carbocycles. The third kappa shape index (κ3) is 3.16. The fourth-order valence-electron chi connectivity index (χ4n) is 2.20. The Balaban J connectivity index is 1.90. The summed E-state index contributed by atoms with van der Waals surface area (Å²) in [6.07, 6.45) is 1.38. The summed E-state index contributed by atoms with van der Waals surface area (Å²) in [4.78, 5) is 0.193. The lowest BCUT2D eigenvalue weighted by molar-refractivity contribution is 0.598. The van der Waals surface area contributed by atoms with Crippen LogP contribution in [-0.2, 0) is 16.4 Å². The Morgan fingerprint density at radius 3 is 2.48 bits per heavy atom. The summed E-state index contributed by atoms with van der Waals surface area (Å²) in [5, 5.41) is 3.10. The molecule has 0 radical (unpaired) electrons. The molecule has 2 aromatic carbocycles. The van der Waals surface area contributed by atoms with E-state index in [0.717, 1.165) is 16.6 Å². The van der Waals surface area contributed by atoms with Gasteiger partial charge in [-0.2, -0.15) is 8.42 Å². The molecular formula is C15H13BrN2O2S. The molecule has 108 valence electrons. The smallest absolute Gasteiger partial charge is 0.283 e. The average Bonchev–Trinajstić information content (AvgIpc) is 2.47. The lowest BCUT2D eigenvalue weighted by Crippen LogP contribution is -2.21. The highest BCUT2D eigenvalue weighted by atomic mass is 79.9. The first-order valence-corrected chi connectivity index (χ1v) is 8.72. The van der Waals surface area contributed by atoms with Gasteiger partial charge in [-0.1, -0.05) is 34.1 Å². The van der Waals surface area contributed by atoms with Crippen LogP contribution in [0.2, 0.25) is 0 Å². The second kappa shape index (κ2) is 5.61. The first kappa shape index (κ1) is 14.3. The third-order valence-electron chi connectivity index (χ3n) is 3.27. The van der Waals surface area contributed by atoms with E-state index < -0.39 is 10.0 Å². The van der Waals surface area contributed by atoms with Gasteiger partial charge in [-0.05, 0) is 42.3 Å². The highest BCUT2D eigenvalue weighted by Gasteiger charge is 2.18. The molecule has 0 amide bonds. The normalized spacial score (nSPS) is 16.3. The van der Waals surface area contributed by atoms with Crippen LogP contribution >= 0.6 is 15.9 Å². The summed E-state index contributed by atoms with van der Waals surface area (Å²) in [7, 11) is -3.67. The number of hydrogen-bond donors (Lipinski definition) is 1. The van der Waals surface area contributed by atoms with Gasteiger partial charge in [0.15, 0.2) is 0 Å². The highest BCUT2D eigenvalue weighted by Crippen LogP contribution is 2.23. The predicted octanol–water partition coefficient (Wildman–Crippen LogP) is 3.59. The van der Waals surface area contributed by atoms with Gasteiger partial charge in [0.1, 0.15) is 5.84 Å². The number of amidine groups is 1. The van der Waals surface area contributed by atoms with Gasteiger partial charge in [-0.3, -0.25) is 0 Å². The van der Waals surface area contributed by atoms with Gasteiger partial charge in [0.05, 0.1) is 4.90 Å². The van der Waals surface area contributed by atoms with E-state index in [9.17, 15) is 8.42 Å². The van der Waals surface area contributed by atoms with E-state index >= 15 is 0 Å². The molecule has 0 aromatic heterocycles. The number of nitrogens with zero attached hydrogens (tertiary/aromatic N) is 1. The quantitative estimate of drug-likeness (QED) is 0.885. The molecule has 0 bridgehead atoms. The van der Waals surface area contributed by atoms with E-state index in [2.05, 4.69) is 25.6 Å². The van der Waals surface area contributed by atoms with Crippen molar-refractivity contribution in [2.75, 3.05) is 5.32 Å². The van der Waals surface area contributed by atoms with Gasteiger partial charge < -0.3 is 5.32 Å². The first-order valence-electron chi connectivity index (χ1n) is 6.49. The van der Waals surface area contributed by atoms with Crippen molar-refractivity contribution in [1.82, 2.24) is 0 Å². The van der Waals surface area contributed by atoms with E-state index in [1.54, 1.807) is 24.3 Å². The molecule has 21 heavy (non-hydrogen) atoms. The minimum Gasteiger partial charge on any atom is -0.343 e.